The van der Waals surface area contributed by atoms with E-state index in [1.165, 1.54) is 32.0 Å². The van der Waals surface area contributed by atoms with Gasteiger partial charge in [0.05, 0.1) is 0 Å². The van der Waals surface area contributed by atoms with Crippen LogP contribution >= 0.6 is 0 Å². The fraction of sp³-hybridized carbons (Fsp3) is 0.143. The van der Waals surface area contributed by atoms with Crippen molar-refractivity contribution in [3.8, 4) is 5.75 Å². The van der Waals surface area contributed by atoms with Crippen LogP contribution in [0.3, 0.4) is 0 Å². The van der Waals surface area contributed by atoms with Crippen molar-refractivity contribution in [2.24, 2.45) is 0 Å². The van der Waals surface area contributed by atoms with Crippen LogP contribution in [0, 0.1) is 13.8 Å². The summed E-state index contributed by atoms with van der Waals surface area (Å²) in [5.74, 6) is 0.173. The summed E-state index contributed by atoms with van der Waals surface area (Å²) in [5.41, 5.74) is -0.0815. The van der Waals surface area contributed by atoms with Gasteiger partial charge in [-0.2, -0.15) is 8.42 Å². The summed E-state index contributed by atoms with van der Waals surface area (Å²) in [4.78, 5) is 11.1. The van der Waals surface area contributed by atoms with E-state index in [0.29, 0.717) is 5.39 Å². The van der Waals surface area contributed by atoms with E-state index in [-0.39, 0.29) is 27.7 Å². The van der Waals surface area contributed by atoms with E-state index >= 15 is 0 Å². The molecule has 1 aromatic carbocycles. The molecule has 22 heavy (non-hydrogen) atoms. The molecule has 0 atom stereocenters. The highest BCUT2D eigenvalue weighted by molar-refractivity contribution is 7.87. The van der Waals surface area contributed by atoms with Crippen LogP contribution in [0.2, 0.25) is 0 Å². The van der Waals surface area contributed by atoms with Gasteiger partial charge >= 0.3 is 15.7 Å². The van der Waals surface area contributed by atoms with E-state index in [2.05, 4.69) is 5.16 Å². The summed E-state index contributed by atoms with van der Waals surface area (Å²) in [6.45, 7) is 2.99. The van der Waals surface area contributed by atoms with Crippen LogP contribution in [0.1, 0.15) is 11.5 Å². The van der Waals surface area contributed by atoms with Crippen LogP contribution in [-0.2, 0) is 10.1 Å². The molecule has 0 saturated carbocycles. The second-order valence-electron chi connectivity index (χ2n) is 4.64. The van der Waals surface area contributed by atoms with E-state index in [4.69, 9.17) is 13.1 Å². The van der Waals surface area contributed by atoms with Crippen molar-refractivity contribution in [2.75, 3.05) is 0 Å². The van der Waals surface area contributed by atoms with Crippen LogP contribution in [0.4, 0.5) is 0 Å². The lowest BCUT2D eigenvalue weighted by molar-refractivity contribution is 0.390. The molecule has 0 unspecified atom stereocenters. The molecule has 0 radical (unpaired) electrons. The zero-order valence-corrected chi connectivity index (χ0v) is 12.5. The Morgan fingerprint density at radius 3 is 2.55 bits per heavy atom. The Labute approximate surface area is 125 Å². The maximum absolute atomic E-state index is 12.3. The van der Waals surface area contributed by atoms with Gasteiger partial charge in [0.15, 0.2) is 10.7 Å². The van der Waals surface area contributed by atoms with Gasteiger partial charge in [0.1, 0.15) is 17.0 Å². The number of aromatic nitrogens is 1. The largest absolute Gasteiger partial charge is 0.423 e. The topological polar surface area (TPSA) is 99.6 Å². The monoisotopic (exact) mass is 321 g/mol. The minimum absolute atomic E-state index is 0.0295. The SMILES string of the molecule is Cc1noc(C)c1S(=O)(=O)Oc1ccc2ccc(=O)oc2c1. The predicted molar refractivity (Wildman–Crippen MR) is 76.3 cm³/mol. The van der Waals surface area contributed by atoms with Gasteiger partial charge in [0, 0.05) is 17.5 Å². The van der Waals surface area contributed by atoms with E-state index in [0.717, 1.165) is 0 Å². The number of aryl methyl sites for hydroxylation is 2. The van der Waals surface area contributed by atoms with Crippen LogP contribution in [0.25, 0.3) is 11.0 Å². The van der Waals surface area contributed by atoms with Crippen molar-refractivity contribution >= 4 is 21.1 Å². The van der Waals surface area contributed by atoms with Crippen molar-refractivity contribution in [3.05, 3.63) is 52.2 Å². The fourth-order valence-corrected chi connectivity index (χ4v) is 3.32. The number of fused-ring (bicyclic) bond motifs is 1. The molecule has 0 fully saturated rings. The summed E-state index contributed by atoms with van der Waals surface area (Å²) >= 11 is 0. The standard InChI is InChI=1S/C14H11NO6S/c1-8-14(9(2)20-15-8)22(17,18)21-11-5-3-10-4-6-13(16)19-12(10)7-11/h3-7H,1-2H3. The van der Waals surface area contributed by atoms with Gasteiger partial charge in [-0.1, -0.05) is 5.16 Å². The van der Waals surface area contributed by atoms with Crippen molar-refractivity contribution in [1.29, 1.82) is 0 Å². The molecule has 3 rings (SSSR count). The second-order valence-corrected chi connectivity index (χ2v) is 6.13. The molecule has 7 nitrogen and oxygen atoms in total. The summed E-state index contributed by atoms with van der Waals surface area (Å²) in [6.07, 6.45) is 0. The van der Waals surface area contributed by atoms with Crippen molar-refractivity contribution in [2.45, 2.75) is 18.7 Å². The highest BCUT2D eigenvalue weighted by Crippen LogP contribution is 2.26. The van der Waals surface area contributed by atoms with E-state index < -0.39 is 15.7 Å². The molecule has 2 heterocycles. The van der Waals surface area contributed by atoms with E-state index in [1.54, 1.807) is 12.1 Å². The average Bonchev–Trinajstić information content (AvgIpc) is 2.78. The Morgan fingerprint density at radius 1 is 1.14 bits per heavy atom. The zero-order chi connectivity index (χ0) is 15.9. The van der Waals surface area contributed by atoms with Crippen molar-refractivity contribution < 1.29 is 21.5 Å². The quantitative estimate of drug-likeness (QED) is 0.538. The molecule has 3 aromatic rings. The minimum Gasteiger partial charge on any atom is -0.423 e. The zero-order valence-electron chi connectivity index (χ0n) is 11.7. The molecular formula is C14H11NO6S. The highest BCUT2D eigenvalue weighted by atomic mass is 32.2. The number of hydrogen-bond acceptors (Lipinski definition) is 7. The van der Waals surface area contributed by atoms with Gasteiger partial charge < -0.3 is 13.1 Å². The first-order valence-corrected chi connectivity index (χ1v) is 7.69. The number of benzene rings is 1. The van der Waals surface area contributed by atoms with Crippen LogP contribution < -0.4 is 9.81 Å². The van der Waals surface area contributed by atoms with Gasteiger partial charge in [-0.05, 0) is 32.0 Å². The fourth-order valence-electron chi connectivity index (χ4n) is 2.09. The Hall–Kier alpha value is -2.61. The predicted octanol–water partition coefficient (Wildman–Crippen LogP) is 2.17. The first-order chi connectivity index (χ1) is 10.4. The van der Waals surface area contributed by atoms with Gasteiger partial charge in [-0.3, -0.25) is 0 Å². The van der Waals surface area contributed by atoms with Gasteiger partial charge in [-0.15, -0.1) is 0 Å². The molecule has 114 valence electrons. The number of nitrogens with zero attached hydrogens (tertiary/aromatic N) is 1. The van der Waals surface area contributed by atoms with Crippen LogP contribution in [-0.4, -0.2) is 13.6 Å². The third-order valence-corrected chi connectivity index (χ3v) is 4.51. The smallest absolute Gasteiger partial charge is 0.344 e. The summed E-state index contributed by atoms with van der Waals surface area (Å²) in [7, 11) is -4.09. The van der Waals surface area contributed by atoms with Crippen molar-refractivity contribution in [1.82, 2.24) is 5.16 Å². The van der Waals surface area contributed by atoms with E-state index in [9.17, 15) is 13.2 Å². The normalized spacial score (nSPS) is 11.7. The lowest BCUT2D eigenvalue weighted by Gasteiger charge is -2.06. The van der Waals surface area contributed by atoms with Gasteiger partial charge in [0.2, 0.25) is 0 Å². The van der Waals surface area contributed by atoms with Crippen LogP contribution in [0.15, 0.2) is 49.0 Å². The third-order valence-electron chi connectivity index (χ3n) is 3.02. The molecule has 0 aliphatic carbocycles. The Balaban J connectivity index is 2.04. The Morgan fingerprint density at radius 2 is 1.86 bits per heavy atom. The molecule has 0 aliphatic rings. The maximum atomic E-state index is 12.3. The minimum atomic E-state index is -4.09. The molecule has 0 aliphatic heterocycles. The highest BCUT2D eigenvalue weighted by Gasteiger charge is 2.26. The summed E-state index contributed by atoms with van der Waals surface area (Å²) in [6, 6.07) is 7.26. The first kappa shape index (κ1) is 14.3. The number of rotatable bonds is 3. The first-order valence-electron chi connectivity index (χ1n) is 6.28. The van der Waals surface area contributed by atoms with Gasteiger partial charge in [-0.25, -0.2) is 4.79 Å². The van der Waals surface area contributed by atoms with Crippen LogP contribution in [0.5, 0.6) is 5.75 Å². The lowest BCUT2D eigenvalue weighted by atomic mass is 10.2. The van der Waals surface area contributed by atoms with Gasteiger partial charge in [0.25, 0.3) is 0 Å². The molecule has 0 amide bonds. The molecule has 0 bridgehead atoms. The summed E-state index contributed by atoms with van der Waals surface area (Å²) < 4.78 is 39.5. The maximum Gasteiger partial charge on any atom is 0.344 e. The van der Waals surface area contributed by atoms with Crippen molar-refractivity contribution in [3.63, 3.8) is 0 Å². The number of hydrogen-bond donors (Lipinski definition) is 0. The second kappa shape index (κ2) is 4.99. The molecular weight excluding hydrogens is 310 g/mol. The third kappa shape index (κ3) is 2.48. The molecule has 8 heteroatoms. The molecule has 0 saturated heterocycles. The Bertz CT molecular complexity index is 996. The molecule has 0 spiro atoms. The molecule has 2 aromatic heterocycles. The van der Waals surface area contributed by atoms with E-state index in [1.807, 2.05) is 0 Å². The molecule has 0 N–H and O–H groups in total. The average molecular weight is 321 g/mol. The Kier molecular flexibility index (Phi) is 3.25. The lowest BCUT2D eigenvalue weighted by Crippen LogP contribution is -2.11. The summed E-state index contributed by atoms with van der Waals surface area (Å²) in [5, 5.41) is 4.25.